The van der Waals surface area contributed by atoms with Gasteiger partial charge in [0.1, 0.15) is 0 Å². The SMILES string of the molecule is c1ccc(-c2ccc3c(c2)c2ccccc2n3-c2nc(-c3cccc([Si](c4cccc(N5C6CC7CC(C6)CC5C7)c4)(c4cccc(N5C6CC7CC(C6)CC5C7)c4)c4cccc(N5C6CC7CC(C6)CC5C7)c4)c3)nc(-n3c4ccccc4c4ccccc43)n2)cc1. The van der Waals surface area contributed by atoms with Crippen LogP contribution in [0, 0.1) is 35.5 Å². The molecule has 6 saturated carbocycles. The molecule has 12 aliphatic rings. The van der Waals surface area contributed by atoms with Gasteiger partial charge in [0.2, 0.25) is 11.9 Å². The van der Waals surface area contributed by atoms with E-state index in [9.17, 15) is 0 Å². The lowest BCUT2D eigenvalue weighted by Gasteiger charge is -2.58. The van der Waals surface area contributed by atoms with Crippen LogP contribution in [0.4, 0.5) is 17.1 Å². The zero-order chi connectivity index (χ0) is 60.6. The van der Waals surface area contributed by atoms with E-state index in [0.717, 1.165) is 73.9 Å². The topological polar surface area (TPSA) is 58.3 Å². The molecular weight excluding hydrogens is 1150 g/mol. The molecule has 12 bridgehead atoms. The summed E-state index contributed by atoms with van der Waals surface area (Å²) in [5, 5.41) is 10.4. The van der Waals surface area contributed by atoms with E-state index < -0.39 is 8.07 Å². The lowest BCUT2D eigenvalue weighted by Crippen LogP contribution is -2.75. The lowest BCUT2D eigenvalue weighted by atomic mass is 9.63. The number of fused-ring (bicyclic) bond motifs is 6. The molecule has 6 aliphatic carbocycles. The third-order valence-corrected chi connectivity index (χ3v) is 30.0. The normalized spacial score (nSPS) is 27.8. The summed E-state index contributed by atoms with van der Waals surface area (Å²) >= 11 is 0. The van der Waals surface area contributed by atoms with Gasteiger partial charge < -0.3 is 14.7 Å². The van der Waals surface area contributed by atoms with Crippen molar-refractivity contribution in [1.82, 2.24) is 24.1 Å². The summed E-state index contributed by atoms with van der Waals surface area (Å²) in [6.07, 6.45) is 20.3. The molecule has 9 aromatic carbocycles. The quantitative estimate of drug-likeness (QED) is 0.0950. The number of anilines is 3. The van der Waals surface area contributed by atoms with Crippen molar-refractivity contribution in [3.8, 4) is 34.4 Å². The highest BCUT2D eigenvalue weighted by Gasteiger charge is 2.52. The van der Waals surface area contributed by atoms with E-state index in [1.54, 1.807) is 0 Å². The van der Waals surface area contributed by atoms with Crippen LogP contribution in [0.1, 0.15) is 96.3 Å². The van der Waals surface area contributed by atoms with Crippen LogP contribution in [0.25, 0.3) is 78.0 Å². The summed E-state index contributed by atoms with van der Waals surface area (Å²) in [5.41, 5.74) is 11.9. The van der Waals surface area contributed by atoms with Crippen LogP contribution >= 0.6 is 0 Å². The highest BCUT2D eigenvalue weighted by Crippen LogP contribution is 2.54. The van der Waals surface area contributed by atoms with Crippen molar-refractivity contribution in [3.63, 3.8) is 0 Å². The Hall–Kier alpha value is -8.79. The number of hydrogen-bond donors (Lipinski definition) is 0. The molecule has 8 nitrogen and oxygen atoms in total. The first-order chi connectivity index (χ1) is 45.9. The van der Waals surface area contributed by atoms with Crippen molar-refractivity contribution in [2.75, 3.05) is 14.7 Å². The Balaban J connectivity index is 0.814. The predicted molar refractivity (Wildman–Crippen MR) is 383 cm³/mol. The van der Waals surface area contributed by atoms with Gasteiger partial charge in [0.05, 0.1) is 22.1 Å². The molecule has 0 N–H and O–H groups in total. The molecule has 458 valence electrons. The summed E-state index contributed by atoms with van der Waals surface area (Å²) in [4.78, 5) is 26.1. The smallest absolute Gasteiger partial charge is 0.240 e. The molecule has 0 radical (unpaired) electrons. The number of piperidine rings is 6. The summed E-state index contributed by atoms with van der Waals surface area (Å²) in [7, 11) is -3.35. The second kappa shape index (κ2) is 20.6. The maximum Gasteiger partial charge on any atom is 0.240 e. The molecule has 6 aliphatic heterocycles. The average molecular weight is 1230 g/mol. The molecule has 9 heterocycles. The number of aromatic nitrogens is 5. The van der Waals surface area contributed by atoms with Gasteiger partial charge in [-0.2, -0.15) is 15.0 Å². The molecule has 12 aromatic rings. The lowest BCUT2D eigenvalue weighted by molar-refractivity contribution is 0.0899. The molecule has 0 spiro atoms. The third kappa shape index (κ3) is 8.29. The highest BCUT2D eigenvalue weighted by atomic mass is 28.3. The van der Waals surface area contributed by atoms with Crippen LogP contribution in [-0.4, -0.2) is 68.4 Å². The van der Waals surface area contributed by atoms with Crippen molar-refractivity contribution >= 4 is 89.5 Å². The number of rotatable bonds is 11. The highest BCUT2D eigenvalue weighted by molar-refractivity contribution is 7.20. The third-order valence-electron chi connectivity index (χ3n) is 25.3. The minimum atomic E-state index is -3.35. The summed E-state index contributed by atoms with van der Waals surface area (Å²) < 4.78 is 4.58. The second-order valence-electron chi connectivity index (χ2n) is 30.4. The van der Waals surface area contributed by atoms with Crippen LogP contribution in [0.15, 0.2) is 218 Å². The van der Waals surface area contributed by atoms with Crippen LogP contribution in [0.2, 0.25) is 0 Å². The van der Waals surface area contributed by atoms with Crippen LogP contribution in [0.3, 0.4) is 0 Å². The molecule has 6 saturated heterocycles. The molecule has 0 unspecified atom stereocenters. The van der Waals surface area contributed by atoms with Gasteiger partial charge in [0.25, 0.3) is 0 Å². The Morgan fingerprint density at radius 3 is 1.02 bits per heavy atom. The number of hydrogen-bond acceptors (Lipinski definition) is 6. The summed E-state index contributed by atoms with van der Waals surface area (Å²) in [6, 6.07) is 88.1. The Kier molecular flexibility index (Phi) is 11.9. The fourth-order valence-corrected chi connectivity index (χ4v) is 27.1. The standard InChI is InChI=1S/C84H78N8Si/c1-2-14-58(15-3-1)59-30-31-81-77(48-59)76-26-6-9-29-80(76)92(81)84-86-82(85-83(87-84)91-78-27-7-4-24-74(78)75-25-5-8-28-79(75)91)60-16-10-20-70(47-60)93(71-21-11-17-61(49-71)88-64-35-52-32-53(37-64)38-65(88)36-52,72-22-12-18-62(50-72)89-66-39-54-33-55(41-66)42-67(89)40-54)73-23-13-19-63(51-73)90-68-43-56-34-57(45-68)46-69(90)44-56/h1-31,47-57,64-69H,32-46H2. The Morgan fingerprint density at radius 2 is 0.602 bits per heavy atom. The minimum absolute atomic E-state index is 0.594. The van der Waals surface area contributed by atoms with Crippen molar-refractivity contribution < 1.29 is 0 Å². The Labute approximate surface area is 546 Å². The summed E-state index contributed by atoms with van der Waals surface area (Å²) in [6.45, 7) is 0. The van der Waals surface area contributed by atoms with Gasteiger partial charge in [-0.3, -0.25) is 9.13 Å². The van der Waals surface area contributed by atoms with Gasteiger partial charge in [0.15, 0.2) is 13.9 Å². The van der Waals surface area contributed by atoms with Gasteiger partial charge in [-0.05, 0) is 230 Å². The fourth-order valence-electron chi connectivity index (χ4n) is 22.3. The van der Waals surface area contributed by atoms with Gasteiger partial charge in [-0.25, -0.2) is 0 Å². The molecule has 12 fully saturated rings. The molecule has 3 aromatic heterocycles. The predicted octanol–water partition coefficient (Wildman–Crippen LogP) is 16.1. The monoisotopic (exact) mass is 1230 g/mol. The maximum atomic E-state index is 5.81. The first-order valence-corrected chi connectivity index (χ1v) is 37.6. The van der Waals surface area contributed by atoms with E-state index >= 15 is 0 Å². The molecule has 0 atom stereocenters. The van der Waals surface area contributed by atoms with Crippen molar-refractivity contribution in [1.29, 1.82) is 0 Å². The minimum Gasteiger partial charge on any atom is -0.366 e. The average Bonchev–Trinajstić information content (AvgIpc) is 1.73. The van der Waals surface area contributed by atoms with Gasteiger partial charge in [-0.15, -0.1) is 0 Å². The molecule has 9 heteroatoms. The zero-order valence-electron chi connectivity index (χ0n) is 52.9. The van der Waals surface area contributed by atoms with Crippen LogP contribution < -0.4 is 35.4 Å². The van der Waals surface area contributed by atoms with Crippen molar-refractivity contribution in [2.45, 2.75) is 133 Å². The Bertz CT molecular complexity index is 4640. The van der Waals surface area contributed by atoms with Gasteiger partial charge in [-0.1, -0.05) is 152 Å². The van der Waals surface area contributed by atoms with Crippen molar-refractivity contribution in [3.05, 3.63) is 218 Å². The van der Waals surface area contributed by atoms with E-state index in [1.165, 1.54) is 156 Å². The molecular formula is C84H78N8Si. The van der Waals surface area contributed by atoms with E-state index in [4.69, 9.17) is 15.0 Å². The van der Waals surface area contributed by atoms with E-state index in [1.807, 2.05) is 0 Å². The second-order valence-corrected chi connectivity index (χ2v) is 34.2. The maximum absolute atomic E-state index is 5.81. The van der Waals surface area contributed by atoms with E-state index in [0.29, 0.717) is 54.0 Å². The summed E-state index contributed by atoms with van der Waals surface area (Å²) in [5.74, 6) is 7.11. The van der Waals surface area contributed by atoms with E-state index in [2.05, 4.69) is 242 Å². The molecule has 93 heavy (non-hydrogen) atoms. The van der Waals surface area contributed by atoms with Crippen molar-refractivity contribution in [2.24, 2.45) is 35.5 Å². The number of para-hydroxylation sites is 3. The van der Waals surface area contributed by atoms with E-state index in [-0.39, 0.29) is 0 Å². The zero-order valence-corrected chi connectivity index (χ0v) is 53.9. The Morgan fingerprint density at radius 1 is 0.258 bits per heavy atom. The first kappa shape index (κ1) is 53.7. The largest absolute Gasteiger partial charge is 0.366 e. The fraction of sp³-hybridized carbons (Fsp3) is 0.321. The first-order valence-electron chi connectivity index (χ1n) is 35.6. The number of benzene rings is 9. The van der Waals surface area contributed by atoms with Crippen LogP contribution in [-0.2, 0) is 0 Å². The van der Waals surface area contributed by atoms with Gasteiger partial charge in [0, 0.05) is 80.4 Å². The van der Waals surface area contributed by atoms with Crippen LogP contribution in [0.5, 0.6) is 0 Å². The van der Waals surface area contributed by atoms with Gasteiger partial charge >= 0.3 is 0 Å². The molecule has 0 amide bonds. The molecule has 24 rings (SSSR count). The number of nitrogens with zero attached hydrogens (tertiary/aromatic N) is 8.